The van der Waals surface area contributed by atoms with E-state index in [1.807, 2.05) is 12.1 Å². The maximum Gasteiger partial charge on any atom is 0.0468 e. The predicted molar refractivity (Wildman–Crippen MR) is 87.7 cm³/mol. The van der Waals surface area contributed by atoms with Crippen LogP contribution in [0.3, 0.4) is 0 Å². The van der Waals surface area contributed by atoms with Gasteiger partial charge in [0.25, 0.3) is 0 Å². The van der Waals surface area contributed by atoms with Crippen molar-refractivity contribution in [2.45, 2.75) is 32.7 Å². The second kappa shape index (κ2) is 7.65. The Balaban J connectivity index is 1.92. The molecule has 0 saturated carbocycles. The van der Waals surface area contributed by atoms with Crippen LogP contribution in [-0.4, -0.2) is 31.1 Å². The fraction of sp³-hybridized carbons (Fsp3) is 0.625. The summed E-state index contributed by atoms with van der Waals surface area (Å²) in [5.74, 6) is 0.759. The summed E-state index contributed by atoms with van der Waals surface area (Å²) in [5.41, 5.74) is 1.18. The van der Waals surface area contributed by atoms with E-state index in [9.17, 15) is 0 Å². The molecular formula is C16H24Cl2N2. The van der Waals surface area contributed by atoms with Crippen LogP contribution in [0, 0.1) is 5.92 Å². The van der Waals surface area contributed by atoms with Gasteiger partial charge in [0.1, 0.15) is 0 Å². The maximum absolute atomic E-state index is 6.32. The fourth-order valence-electron chi connectivity index (χ4n) is 2.90. The van der Waals surface area contributed by atoms with Crippen LogP contribution in [-0.2, 0) is 0 Å². The van der Waals surface area contributed by atoms with Crippen molar-refractivity contribution in [1.29, 1.82) is 0 Å². The normalized spacial score (nSPS) is 21.3. The van der Waals surface area contributed by atoms with E-state index < -0.39 is 0 Å². The molecule has 1 N–H and O–H groups in total. The van der Waals surface area contributed by atoms with E-state index in [0.29, 0.717) is 11.1 Å². The summed E-state index contributed by atoms with van der Waals surface area (Å²) in [4.78, 5) is 2.52. The molecule has 1 aliphatic rings. The SMILES string of the molecule is CCCNCC1CCN(C(C)c2ccc(Cl)cc2Cl)C1. The molecule has 2 rings (SSSR count). The number of hydrogen-bond donors (Lipinski definition) is 1. The van der Waals surface area contributed by atoms with Gasteiger partial charge >= 0.3 is 0 Å². The molecule has 20 heavy (non-hydrogen) atoms. The van der Waals surface area contributed by atoms with Gasteiger partial charge in [-0.15, -0.1) is 0 Å². The Hall–Kier alpha value is -0.280. The van der Waals surface area contributed by atoms with Crippen molar-refractivity contribution in [2.75, 3.05) is 26.2 Å². The van der Waals surface area contributed by atoms with E-state index in [0.717, 1.165) is 37.1 Å². The second-order valence-electron chi connectivity index (χ2n) is 5.70. The highest BCUT2D eigenvalue weighted by Gasteiger charge is 2.27. The zero-order chi connectivity index (χ0) is 14.5. The van der Waals surface area contributed by atoms with Crippen LogP contribution in [0.25, 0.3) is 0 Å². The van der Waals surface area contributed by atoms with E-state index in [-0.39, 0.29) is 0 Å². The van der Waals surface area contributed by atoms with Crippen LogP contribution < -0.4 is 5.32 Å². The molecule has 1 aromatic carbocycles. The molecule has 1 fully saturated rings. The van der Waals surface area contributed by atoms with Gasteiger partial charge in [0.2, 0.25) is 0 Å². The Labute approximate surface area is 132 Å². The van der Waals surface area contributed by atoms with Crippen LogP contribution in [0.2, 0.25) is 10.0 Å². The minimum atomic E-state index is 0.357. The molecule has 2 atom stereocenters. The lowest BCUT2D eigenvalue weighted by Crippen LogP contribution is -2.28. The lowest BCUT2D eigenvalue weighted by Gasteiger charge is -2.25. The monoisotopic (exact) mass is 314 g/mol. The molecule has 0 spiro atoms. The third-order valence-electron chi connectivity index (χ3n) is 4.14. The van der Waals surface area contributed by atoms with E-state index in [2.05, 4.69) is 30.1 Å². The van der Waals surface area contributed by atoms with Gasteiger partial charge in [0.05, 0.1) is 0 Å². The summed E-state index contributed by atoms with van der Waals surface area (Å²) in [6, 6.07) is 6.18. The molecule has 4 heteroatoms. The summed E-state index contributed by atoms with van der Waals surface area (Å²) in [6.45, 7) is 8.99. The second-order valence-corrected chi connectivity index (χ2v) is 6.54. The zero-order valence-electron chi connectivity index (χ0n) is 12.3. The first-order valence-corrected chi connectivity index (χ1v) is 8.27. The Morgan fingerprint density at radius 2 is 2.20 bits per heavy atom. The first-order valence-electron chi connectivity index (χ1n) is 7.51. The van der Waals surface area contributed by atoms with Crippen molar-refractivity contribution >= 4 is 23.2 Å². The number of rotatable bonds is 6. The van der Waals surface area contributed by atoms with Crippen LogP contribution in [0.5, 0.6) is 0 Å². The van der Waals surface area contributed by atoms with Crippen molar-refractivity contribution in [3.8, 4) is 0 Å². The van der Waals surface area contributed by atoms with Crippen LogP contribution >= 0.6 is 23.2 Å². The maximum atomic E-state index is 6.32. The number of hydrogen-bond acceptors (Lipinski definition) is 2. The summed E-state index contributed by atoms with van der Waals surface area (Å²) < 4.78 is 0. The summed E-state index contributed by atoms with van der Waals surface area (Å²) in [7, 11) is 0. The molecule has 0 aliphatic carbocycles. The van der Waals surface area contributed by atoms with Gasteiger partial charge in [-0.1, -0.05) is 36.2 Å². The quantitative estimate of drug-likeness (QED) is 0.784. The zero-order valence-corrected chi connectivity index (χ0v) is 13.8. The van der Waals surface area contributed by atoms with Crippen LogP contribution in [0.1, 0.15) is 38.3 Å². The smallest absolute Gasteiger partial charge is 0.0468 e. The van der Waals surface area contributed by atoms with Crippen LogP contribution in [0.4, 0.5) is 0 Å². The highest BCUT2D eigenvalue weighted by Crippen LogP contribution is 2.32. The van der Waals surface area contributed by atoms with Gasteiger partial charge in [-0.25, -0.2) is 0 Å². The van der Waals surface area contributed by atoms with E-state index in [4.69, 9.17) is 23.2 Å². The number of nitrogens with one attached hydrogen (secondary N) is 1. The molecule has 2 unspecified atom stereocenters. The van der Waals surface area contributed by atoms with Gasteiger partial charge in [-0.3, -0.25) is 4.90 Å². The number of likely N-dealkylation sites (tertiary alicyclic amines) is 1. The highest BCUT2D eigenvalue weighted by molar-refractivity contribution is 6.35. The summed E-state index contributed by atoms with van der Waals surface area (Å²) >= 11 is 12.3. The Kier molecular flexibility index (Phi) is 6.16. The number of benzene rings is 1. The number of nitrogens with zero attached hydrogens (tertiary/aromatic N) is 1. The average molecular weight is 315 g/mol. The highest BCUT2D eigenvalue weighted by atomic mass is 35.5. The van der Waals surface area contributed by atoms with E-state index in [1.54, 1.807) is 0 Å². The predicted octanol–water partition coefficient (Wildman–Crippen LogP) is 4.38. The Morgan fingerprint density at radius 1 is 1.40 bits per heavy atom. The summed E-state index contributed by atoms with van der Waals surface area (Å²) in [6.07, 6.45) is 2.47. The van der Waals surface area contributed by atoms with Gasteiger partial charge in [0, 0.05) is 22.6 Å². The van der Waals surface area contributed by atoms with Crippen molar-refractivity contribution in [3.63, 3.8) is 0 Å². The molecule has 112 valence electrons. The van der Waals surface area contributed by atoms with Gasteiger partial charge in [-0.2, -0.15) is 0 Å². The largest absolute Gasteiger partial charge is 0.316 e. The topological polar surface area (TPSA) is 15.3 Å². The molecule has 0 aromatic heterocycles. The fourth-order valence-corrected chi connectivity index (χ4v) is 3.47. The first-order chi connectivity index (χ1) is 9.61. The van der Waals surface area contributed by atoms with Crippen molar-refractivity contribution < 1.29 is 0 Å². The molecule has 1 saturated heterocycles. The Bertz CT molecular complexity index is 436. The van der Waals surface area contributed by atoms with Crippen molar-refractivity contribution in [3.05, 3.63) is 33.8 Å². The van der Waals surface area contributed by atoms with Gasteiger partial charge in [0.15, 0.2) is 0 Å². The Morgan fingerprint density at radius 3 is 2.90 bits per heavy atom. The van der Waals surface area contributed by atoms with E-state index in [1.165, 1.54) is 18.4 Å². The first kappa shape index (κ1) is 16.1. The molecular weight excluding hydrogens is 291 g/mol. The third kappa shape index (κ3) is 4.11. The molecule has 0 bridgehead atoms. The lowest BCUT2D eigenvalue weighted by atomic mass is 10.1. The van der Waals surface area contributed by atoms with Gasteiger partial charge in [-0.05, 0) is 63.0 Å². The molecule has 0 amide bonds. The summed E-state index contributed by atoms with van der Waals surface area (Å²) in [5, 5.41) is 5.00. The van der Waals surface area contributed by atoms with Crippen molar-refractivity contribution in [1.82, 2.24) is 10.2 Å². The van der Waals surface area contributed by atoms with Crippen LogP contribution in [0.15, 0.2) is 18.2 Å². The molecule has 0 radical (unpaired) electrons. The molecule has 1 aliphatic heterocycles. The lowest BCUT2D eigenvalue weighted by molar-refractivity contribution is 0.252. The molecule has 2 nitrogen and oxygen atoms in total. The number of halogens is 2. The van der Waals surface area contributed by atoms with Crippen molar-refractivity contribution in [2.24, 2.45) is 5.92 Å². The molecule has 1 aromatic rings. The van der Waals surface area contributed by atoms with Gasteiger partial charge < -0.3 is 5.32 Å². The molecule has 1 heterocycles. The third-order valence-corrected chi connectivity index (χ3v) is 4.70. The standard InChI is InChI=1S/C16H24Cl2N2/c1-3-7-19-10-13-6-8-20(11-13)12(2)15-5-4-14(17)9-16(15)18/h4-5,9,12-13,19H,3,6-8,10-11H2,1-2H3. The minimum Gasteiger partial charge on any atom is -0.316 e. The minimum absolute atomic E-state index is 0.357. The van der Waals surface area contributed by atoms with E-state index >= 15 is 0 Å². The average Bonchev–Trinajstić information content (AvgIpc) is 2.87.